The van der Waals surface area contributed by atoms with E-state index in [1.165, 1.54) is 16.9 Å². The molecule has 0 saturated carbocycles. The van der Waals surface area contributed by atoms with Crippen LogP contribution in [0.2, 0.25) is 0 Å². The van der Waals surface area contributed by atoms with E-state index >= 15 is 0 Å². The van der Waals surface area contributed by atoms with Crippen LogP contribution in [0, 0.1) is 0 Å². The molecule has 2 rings (SSSR count). The second kappa shape index (κ2) is 2.59. The molecular formula is C9H11N3. The number of nitrogens with zero attached hydrogens (tertiary/aromatic N) is 3. The van der Waals surface area contributed by atoms with Crippen molar-refractivity contribution in [3.05, 3.63) is 29.7 Å². The van der Waals surface area contributed by atoms with Gasteiger partial charge in [0.2, 0.25) is 0 Å². The average Bonchev–Trinajstić information content (AvgIpc) is 2.12. The first-order chi connectivity index (χ1) is 5.79. The van der Waals surface area contributed by atoms with Crippen molar-refractivity contribution in [2.75, 3.05) is 11.9 Å². The molecule has 1 aliphatic heterocycles. The SMILES string of the molecule is CC1=CCc2cnncc2N1C. The maximum Gasteiger partial charge on any atom is 0.0736 e. The summed E-state index contributed by atoms with van der Waals surface area (Å²) >= 11 is 0. The first-order valence-corrected chi connectivity index (χ1v) is 3.99. The molecule has 0 amide bonds. The van der Waals surface area contributed by atoms with Crippen molar-refractivity contribution in [1.82, 2.24) is 10.2 Å². The van der Waals surface area contributed by atoms with Gasteiger partial charge in [0.25, 0.3) is 0 Å². The molecule has 0 radical (unpaired) electrons. The molecule has 0 fully saturated rings. The summed E-state index contributed by atoms with van der Waals surface area (Å²) in [5, 5.41) is 7.72. The molecule has 0 unspecified atom stereocenters. The Hall–Kier alpha value is -1.38. The molecular weight excluding hydrogens is 150 g/mol. The molecule has 0 atom stereocenters. The molecule has 0 spiro atoms. The maximum absolute atomic E-state index is 3.86. The number of rotatable bonds is 0. The molecule has 0 bridgehead atoms. The number of hydrogen-bond donors (Lipinski definition) is 0. The van der Waals surface area contributed by atoms with Crippen LogP contribution in [0.25, 0.3) is 0 Å². The highest BCUT2D eigenvalue weighted by atomic mass is 15.2. The van der Waals surface area contributed by atoms with Gasteiger partial charge in [0.05, 0.1) is 18.1 Å². The Bertz CT molecular complexity index is 330. The lowest BCUT2D eigenvalue weighted by atomic mass is 10.1. The number of anilines is 1. The van der Waals surface area contributed by atoms with Crippen molar-refractivity contribution in [3.63, 3.8) is 0 Å². The number of aromatic nitrogens is 2. The third kappa shape index (κ3) is 0.978. The fourth-order valence-corrected chi connectivity index (χ4v) is 1.38. The summed E-state index contributed by atoms with van der Waals surface area (Å²) in [7, 11) is 2.05. The molecule has 2 heterocycles. The Morgan fingerprint density at radius 1 is 1.33 bits per heavy atom. The van der Waals surface area contributed by atoms with Crippen molar-refractivity contribution in [1.29, 1.82) is 0 Å². The first kappa shape index (κ1) is 7.28. The third-order valence-corrected chi connectivity index (χ3v) is 2.30. The Morgan fingerprint density at radius 2 is 2.08 bits per heavy atom. The van der Waals surface area contributed by atoms with E-state index in [0.717, 1.165) is 6.42 Å². The van der Waals surface area contributed by atoms with Gasteiger partial charge >= 0.3 is 0 Å². The fraction of sp³-hybridized carbons (Fsp3) is 0.333. The summed E-state index contributed by atoms with van der Waals surface area (Å²) in [4.78, 5) is 2.13. The molecule has 12 heavy (non-hydrogen) atoms. The molecule has 1 aromatic heterocycles. The lowest BCUT2D eigenvalue weighted by molar-refractivity contribution is 0.936. The predicted octanol–water partition coefficient (Wildman–Crippen LogP) is 1.37. The van der Waals surface area contributed by atoms with Crippen molar-refractivity contribution in [2.24, 2.45) is 0 Å². The Kier molecular flexibility index (Phi) is 1.57. The van der Waals surface area contributed by atoms with E-state index in [1.807, 2.05) is 19.4 Å². The molecule has 0 aromatic carbocycles. The summed E-state index contributed by atoms with van der Waals surface area (Å²) in [5.74, 6) is 0. The lowest BCUT2D eigenvalue weighted by Crippen LogP contribution is -2.19. The molecule has 3 nitrogen and oxygen atoms in total. The van der Waals surface area contributed by atoms with Crippen molar-refractivity contribution in [3.8, 4) is 0 Å². The highest BCUT2D eigenvalue weighted by Gasteiger charge is 2.12. The summed E-state index contributed by atoms with van der Waals surface area (Å²) in [6.45, 7) is 2.10. The van der Waals surface area contributed by atoms with Crippen LogP contribution in [0.5, 0.6) is 0 Å². The van der Waals surface area contributed by atoms with Gasteiger partial charge in [0.15, 0.2) is 0 Å². The zero-order valence-corrected chi connectivity index (χ0v) is 7.28. The van der Waals surface area contributed by atoms with E-state index in [9.17, 15) is 0 Å². The van der Waals surface area contributed by atoms with Gasteiger partial charge < -0.3 is 4.90 Å². The van der Waals surface area contributed by atoms with Gasteiger partial charge in [0, 0.05) is 18.3 Å². The normalized spacial score (nSPS) is 15.5. The summed E-state index contributed by atoms with van der Waals surface area (Å²) < 4.78 is 0. The minimum Gasteiger partial charge on any atom is -0.347 e. The number of hydrogen-bond acceptors (Lipinski definition) is 3. The zero-order chi connectivity index (χ0) is 8.55. The Labute approximate surface area is 71.7 Å². The monoisotopic (exact) mass is 161 g/mol. The predicted molar refractivity (Wildman–Crippen MR) is 47.9 cm³/mol. The molecule has 0 N–H and O–H groups in total. The highest BCUT2D eigenvalue weighted by molar-refractivity contribution is 5.57. The van der Waals surface area contributed by atoms with Crippen LogP contribution in [-0.2, 0) is 6.42 Å². The van der Waals surface area contributed by atoms with Gasteiger partial charge in [-0.25, -0.2) is 0 Å². The van der Waals surface area contributed by atoms with Gasteiger partial charge in [-0.2, -0.15) is 10.2 Å². The summed E-state index contributed by atoms with van der Waals surface area (Å²) in [6.07, 6.45) is 6.81. The van der Waals surface area contributed by atoms with Gasteiger partial charge in [-0.1, -0.05) is 6.08 Å². The number of fused-ring (bicyclic) bond motifs is 1. The quantitative estimate of drug-likeness (QED) is 0.575. The molecule has 1 aliphatic rings. The average molecular weight is 161 g/mol. The second-order valence-corrected chi connectivity index (χ2v) is 3.01. The van der Waals surface area contributed by atoms with E-state index < -0.39 is 0 Å². The van der Waals surface area contributed by atoms with Gasteiger partial charge in [0.1, 0.15) is 0 Å². The van der Waals surface area contributed by atoms with E-state index in [1.54, 1.807) is 0 Å². The van der Waals surface area contributed by atoms with Gasteiger partial charge in [-0.15, -0.1) is 0 Å². The van der Waals surface area contributed by atoms with E-state index in [4.69, 9.17) is 0 Å². The number of allylic oxidation sites excluding steroid dienone is 2. The Balaban J connectivity index is 2.49. The second-order valence-electron chi connectivity index (χ2n) is 3.01. The third-order valence-electron chi connectivity index (χ3n) is 2.30. The van der Waals surface area contributed by atoms with Crippen molar-refractivity contribution < 1.29 is 0 Å². The maximum atomic E-state index is 3.86. The molecule has 0 saturated heterocycles. The van der Waals surface area contributed by atoms with E-state index in [2.05, 4.69) is 28.1 Å². The molecule has 1 aromatic rings. The van der Waals surface area contributed by atoms with Crippen LogP contribution in [0.1, 0.15) is 12.5 Å². The van der Waals surface area contributed by atoms with Crippen molar-refractivity contribution in [2.45, 2.75) is 13.3 Å². The van der Waals surface area contributed by atoms with Crippen molar-refractivity contribution >= 4 is 5.69 Å². The largest absolute Gasteiger partial charge is 0.347 e. The van der Waals surface area contributed by atoms with Crippen LogP contribution in [0.15, 0.2) is 24.2 Å². The van der Waals surface area contributed by atoms with Gasteiger partial charge in [-0.3, -0.25) is 0 Å². The fourth-order valence-electron chi connectivity index (χ4n) is 1.38. The minimum atomic E-state index is 0.973. The van der Waals surface area contributed by atoms with E-state index in [0.29, 0.717) is 0 Å². The zero-order valence-electron chi connectivity index (χ0n) is 7.28. The van der Waals surface area contributed by atoms with Crippen LogP contribution in [0.3, 0.4) is 0 Å². The highest BCUT2D eigenvalue weighted by Crippen LogP contribution is 2.25. The standard InChI is InChI=1S/C9H11N3/c1-7-3-4-8-5-10-11-6-9(8)12(7)2/h3,5-6H,4H2,1-2H3. The molecule has 3 heteroatoms. The summed E-state index contributed by atoms with van der Waals surface area (Å²) in [6, 6.07) is 0. The van der Waals surface area contributed by atoms with Crippen LogP contribution >= 0.6 is 0 Å². The van der Waals surface area contributed by atoms with E-state index in [-0.39, 0.29) is 0 Å². The van der Waals surface area contributed by atoms with Gasteiger partial charge in [-0.05, 0) is 13.3 Å². The first-order valence-electron chi connectivity index (χ1n) is 3.99. The van der Waals surface area contributed by atoms with Crippen LogP contribution in [0.4, 0.5) is 5.69 Å². The summed E-state index contributed by atoms with van der Waals surface area (Å²) in [5.41, 5.74) is 3.69. The molecule has 62 valence electrons. The van der Waals surface area contributed by atoms with Crippen LogP contribution in [-0.4, -0.2) is 17.2 Å². The smallest absolute Gasteiger partial charge is 0.0736 e. The minimum absolute atomic E-state index is 0.973. The Morgan fingerprint density at radius 3 is 2.92 bits per heavy atom. The van der Waals surface area contributed by atoms with Crippen LogP contribution < -0.4 is 4.90 Å². The lowest BCUT2D eigenvalue weighted by Gasteiger charge is -2.25. The molecule has 0 aliphatic carbocycles. The topological polar surface area (TPSA) is 29.0 Å².